The molecular weight excluding hydrogens is 400 g/mol. The van der Waals surface area contributed by atoms with Crippen LogP contribution < -0.4 is 11.1 Å². The zero-order chi connectivity index (χ0) is 22.5. The van der Waals surface area contributed by atoms with Crippen LogP contribution in [0.4, 0.5) is 0 Å². The Morgan fingerprint density at radius 2 is 1.71 bits per heavy atom. The molecule has 2 atom stereocenters. The Bertz CT molecular complexity index is 866. The molecule has 2 nitrogen and oxygen atoms in total. The normalized spacial score (nSPS) is 19.9. The van der Waals surface area contributed by atoms with Crippen molar-refractivity contribution in [3.8, 4) is 0 Å². The molecule has 31 heavy (non-hydrogen) atoms. The molecule has 168 valence electrons. The van der Waals surface area contributed by atoms with E-state index in [2.05, 4.69) is 75.5 Å². The summed E-state index contributed by atoms with van der Waals surface area (Å²) in [6, 6.07) is 19.2. The number of halogens is 1. The first kappa shape index (κ1) is 23.9. The number of nitrogens with two attached hydrogens (primary N) is 1. The second-order valence-corrected chi connectivity index (χ2v) is 10.2. The first-order chi connectivity index (χ1) is 14.8. The molecule has 3 rings (SSSR count). The molecule has 2 unspecified atom stereocenters. The maximum atomic E-state index is 7.03. The van der Waals surface area contributed by atoms with Crippen LogP contribution in [0, 0.1) is 11.3 Å². The Morgan fingerprint density at radius 1 is 1.10 bits per heavy atom. The Balaban J connectivity index is 1.87. The minimum absolute atomic E-state index is 0.0509. The largest absolute Gasteiger partial charge is 0.401 e. The molecule has 1 heterocycles. The molecule has 0 aromatic heterocycles. The molecule has 3 heteroatoms. The molecule has 1 saturated heterocycles. The molecule has 0 aliphatic carbocycles. The van der Waals surface area contributed by atoms with Gasteiger partial charge in [-0.05, 0) is 80.3 Å². The summed E-state index contributed by atoms with van der Waals surface area (Å²) in [6.07, 6.45) is 5.34. The van der Waals surface area contributed by atoms with E-state index in [4.69, 9.17) is 17.3 Å². The van der Waals surface area contributed by atoms with E-state index in [0.717, 1.165) is 55.9 Å². The third kappa shape index (κ3) is 5.35. The Kier molecular flexibility index (Phi) is 7.88. The average Bonchev–Trinajstić information content (AvgIpc) is 2.80. The van der Waals surface area contributed by atoms with Crippen molar-refractivity contribution in [1.82, 2.24) is 5.32 Å². The smallest absolute Gasteiger partial charge is 0.0406 e. The average molecular weight is 439 g/mol. The van der Waals surface area contributed by atoms with E-state index in [0.29, 0.717) is 5.92 Å². The zero-order valence-electron chi connectivity index (χ0n) is 19.7. The summed E-state index contributed by atoms with van der Waals surface area (Å²) >= 11 is 6.08. The number of hydrogen-bond donors (Lipinski definition) is 2. The van der Waals surface area contributed by atoms with E-state index < -0.39 is 0 Å². The summed E-state index contributed by atoms with van der Waals surface area (Å²) in [5, 5.41) is 4.32. The van der Waals surface area contributed by atoms with E-state index >= 15 is 0 Å². The van der Waals surface area contributed by atoms with Crippen LogP contribution in [0.1, 0.15) is 64.5 Å². The lowest BCUT2D eigenvalue weighted by Crippen LogP contribution is -2.44. The number of allylic oxidation sites excluding steroid dienone is 2. The zero-order valence-corrected chi connectivity index (χ0v) is 20.4. The number of hydrogen-bond acceptors (Lipinski definition) is 2. The predicted molar refractivity (Wildman–Crippen MR) is 134 cm³/mol. The van der Waals surface area contributed by atoms with Crippen molar-refractivity contribution in [2.75, 3.05) is 13.1 Å². The molecule has 1 aliphatic rings. The standard InChI is InChI=1S/C28H39ClN2/c1-5-27(4,22(3)19-23-11-13-25(29)14-12-23)20-21(2)26(30)28(15-17-31-18-16-28)24-9-7-6-8-10-24/h6-14,22,31H,5,15-20,30H2,1-4H3/b26-21-. The summed E-state index contributed by atoms with van der Waals surface area (Å²) in [5.41, 5.74) is 12.3. The van der Waals surface area contributed by atoms with Gasteiger partial charge >= 0.3 is 0 Å². The Morgan fingerprint density at radius 3 is 2.29 bits per heavy atom. The van der Waals surface area contributed by atoms with Crippen LogP contribution in [0.2, 0.25) is 5.02 Å². The molecule has 0 amide bonds. The quantitative estimate of drug-likeness (QED) is 0.471. The van der Waals surface area contributed by atoms with Crippen molar-refractivity contribution in [1.29, 1.82) is 0 Å². The van der Waals surface area contributed by atoms with Gasteiger partial charge in [0.1, 0.15) is 0 Å². The molecule has 2 aromatic carbocycles. The molecule has 0 radical (unpaired) electrons. The third-order valence-corrected chi connectivity index (χ3v) is 8.13. The summed E-state index contributed by atoms with van der Waals surface area (Å²) in [5.74, 6) is 0.544. The molecule has 0 saturated carbocycles. The van der Waals surface area contributed by atoms with Crippen molar-refractivity contribution in [3.63, 3.8) is 0 Å². The van der Waals surface area contributed by atoms with Gasteiger partial charge in [0.2, 0.25) is 0 Å². The van der Waals surface area contributed by atoms with Crippen molar-refractivity contribution in [2.24, 2.45) is 17.1 Å². The topological polar surface area (TPSA) is 38.0 Å². The molecular formula is C28H39ClN2. The van der Waals surface area contributed by atoms with Crippen LogP contribution in [0.3, 0.4) is 0 Å². The van der Waals surface area contributed by atoms with E-state index in [1.807, 2.05) is 12.1 Å². The van der Waals surface area contributed by atoms with Gasteiger partial charge in [0.15, 0.2) is 0 Å². The minimum atomic E-state index is -0.0509. The van der Waals surface area contributed by atoms with E-state index in [1.165, 1.54) is 16.7 Å². The Labute approximate surface area is 194 Å². The van der Waals surface area contributed by atoms with Gasteiger partial charge in [0.05, 0.1) is 0 Å². The fraction of sp³-hybridized carbons (Fsp3) is 0.500. The minimum Gasteiger partial charge on any atom is -0.401 e. The van der Waals surface area contributed by atoms with Crippen LogP contribution in [0.15, 0.2) is 65.9 Å². The highest BCUT2D eigenvalue weighted by Gasteiger charge is 2.39. The highest BCUT2D eigenvalue weighted by atomic mass is 35.5. The second-order valence-electron chi connectivity index (χ2n) is 9.81. The van der Waals surface area contributed by atoms with Crippen molar-refractivity contribution >= 4 is 11.6 Å². The SMILES string of the molecule is CCC(C)(C/C(C)=C(\N)C1(c2ccccc2)CCNCC1)C(C)Cc1ccc(Cl)cc1. The number of nitrogens with one attached hydrogen (secondary N) is 1. The van der Waals surface area contributed by atoms with Gasteiger partial charge < -0.3 is 11.1 Å². The van der Waals surface area contributed by atoms with Crippen molar-refractivity contribution in [3.05, 3.63) is 82.0 Å². The molecule has 1 aliphatic heterocycles. The predicted octanol–water partition coefficient (Wildman–Crippen LogP) is 6.88. The monoisotopic (exact) mass is 438 g/mol. The molecule has 1 fully saturated rings. The summed E-state index contributed by atoms with van der Waals surface area (Å²) < 4.78 is 0. The van der Waals surface area contributed by atoms with Crippen LogP contribution in [-0.2, 0) is 11.8 Å². The van der Waals surface area contributed by atoms with Gasteiger partial charge in [-0.2, -0.15) is 0 Å². The lowest BCUT2D eigenvalue weighted by atomic mass is 9.66. The van der Waals surface area contributed by atoms with Crippen LogP contribution in [0.25, 0.3) is 0 Å². The molecule has 3 N–H and O–H groups in total. The van der Waals surface area contributed by atoms with Crippen LogP contribution in [-0.4, -0.2) is 13.1 Å². The second kappa shape index (κ2) is 10.2. The summed E-state index contributed by atoms with van der Waals surface area (Å²) in [6.45, 7) is 11.4. The number of piperidine rings is 1. The van der Waals surface area contributed by atoms with Gasteiger partial charge in [-0.3, -0.25) is 0 Å². The van der Waals surface area contributed by atoms with Gasteiger partial charge in [-0.25, -0.2) is 0 Å². The number of benzene rings is 2. The summed E-state index contributed by atoms with van der Waals surface area (Å²) in [7, 11) is 0. The highest BCUT2D eigenvalue weighted by molar-refractivity contribution is 6.30. The van der Waals surface area contributed by atoms with E-state index in [9.17, 15) is 0 Å². The first-order valence-corrected chi connectivity index (χ1v) is 12.1. The summed E-state index contributed by atoms with van der Waals surface area (Å²) in [4.78, 5) is 0. The fourth-order valence-corrected chi connectivity index (χ4v) is 5.43. The molecule has 0 spiro atoms. The van der Waals surface area contributed by atoms with Gasteiger partial charge in [0, 0.05) is 16.1 Å². The van der Waals surface area contributed by atoms with Crippen LogP contribution in [0.5, 0.6) is 0 Å². The van der Waals surface area contributed by atoms with E-state index in [1.54, 1.807) is 0 Å². The molecule has 0 bridgehead atoms. The molecule has 2 aromatic rings. The first-order valence-electron chi connectivity index (χ1n) is 11.8. The Hall–Kier alpha value is -1.77. The lowest BCUT2D eigenvalue weighted by molar-refractivity contribution is 0.187. The van der Waals surface area contributed by atoms with Crippen molar-refractivity contribution in [2.45, 2.75) is 65.2 Å². The van der Waals surface area contributed by atoms with Gasteiger partial charge in [-0.15, -0.1) is 0 Å². The number of rotatable bonds is 8. The maximum absolute atomic E-state index is 7.03. The van der Waals surface area contributed by atoms with Crippen LogP contribution >= 0.6 is 11.6 Å². The maximum Gasteiger partial charge on any atom is 0.0406 e. The van der Waals surface area contributed by atoms with Gasteiger partial charge in [-0.1, -0.05) is 86.8 Å². The fourth-order valence-electron chi connectivity index (χ4n) is 5.30. The van der Waals surface area contributed by atoms with Gasteiger partial charge in [0.25, 0.3) is 0 Å². The highest BCUT2D eigenvalue weighted by Crippen LogP contribution is 2.44. The lowest BCUT2D eigenvalue weighted by Gasteiger charge is -2.42. The third-order valence-electron chi connectivity index (χ3n) is 7.88. The van der Waals surface area contributed by atoms with E-state index in [-0.39, 0.29) is 10.8 Å². The van der Waals surface area contributed by atoms with Crippen molar-refractivity contribution < 1.29 is 0 Å².